The van der Waals surface area contributed by atoms with Gasteiger partial charge in [-0.1, -0.05) is 18.9 Å². The minimum Gasteiger partial charge on any atom is -0.330 e. The average Bonchev–Trinajstić information content (AvgIpc) is 2.05. The Morgan fingerprint density at radius 3 is 2.55 bits per heavy atom. The molecule has 11 heavy (non-hydrogen) atoms. The van der Waals surface area contributed by atoms with Gasteiger partial charge in [0.25, 0.3) is 0 Å². The Morgan fingerprint density at radius 2 is 2.09 bits per heavy atom. The fourth-order valence-electron chi connectivity index (χ4n) is 1.01. The van der Waals surface area contributed by atoms with Crippen LogP contribution in [0.4, 0.5) is 0 Å². The molecule has 0 saturated heterocycles. The molecule has 1 atom stereocenters. The molecule has 0 amide bonds. The number of nitrogens with two attached hydrogens (primary N) is 1. The summed E-state index contributed by atoms with van der Waals surface area (Å²) in [5, 5.41) is 0. The highest BCUT2D eigenvalue weighted by Crippen LogP contribution is 2.11. The van der Waals surface area contributed by atoms with Crippen LogP contribution in [0.5, 0.6) is 0 Å². The molecule has 2 N–H and O–H groups in total. The highest BCUT2D eigenvalue weighted by molar-refractivity contribution is 7.80. The molecule has 0 aliphatic carbocycles. The summed E-state index contributed by atoms with van der Waals surface area (Å²) in [5.74, 6) is 1.52. The molecule has 0 bridgehead atoms. The summed E-state index contributed by atoms with van der Waals surface area (Å²) in [5.41, 5.74) is 5.38. The number of hydrogen-bond acceptors (Lipinski definition) is 2. The Balaban J connectivity index is 3.14. The molecule has 0 aromatic heterocycles. The molecular formula is C9H19NS. The minimum absolute atomic E-state index is 0.594. The Morgan fingerprint density at radius 1 is 1.36 bits per heavy atom. The zero-order valence-electron chi connectivity index (χ0n) is 7.13. The van der Waals surface area contributed by atoms with E-state index < -0.39 is 0 Å². The van der Waals surface area contributed by atoms with Crippen molar-refractivity contribution in [2.45, 2.75) is 25.7 Å². The maximum atomic E-state index is 5.38. The second-order valence-corrected chi connectivity index (χ2v) is 3.18. The van der Waals surface area contributed by atoms with E-state index in [1.807, 2.05) is 6.08 Å². The van der Waals surface area contributed by atoms with E-state index in [1.165, 1.54) is 19.3 Å². The van der Waals surface area contributed by atoms with E-state index in [-0.39, 0.29) is 0 Å². The van der Waals surface area contributed by atoms with Crippen LogP contribution >= 0.6 is 12.6 Å². The molecule has 0 aromatic carbocycles. The van der Waals surface area contributed by atoms with Gasteiger partial charge >= 0.3 is 0 Å². The lowest BCUT2D eigenvalue weighted by molar-refractivity contribution is 0.574. The van der Waals surface area contributed by atoms with Gasteiger partial charge in [-0.3, -0.25) is 0 Å². The lowest BCUT2D eigenvalue weighted by Crippen LogP contribution is -2.00. The SMILES string of the molecule is C=CC(CS)CCCCCN. The lowest BCUT2D eigenvalue weighted by atomic mass is 10.0. The highest BCUT2D eigenvalue weighted by atomic mass is 32.1. The molecule has 0 rings (SSSR count). The molecule has 0 aromatic rings. The van der Waals surface area contributed by atoms with Crippen LogP contribution in [0.15, 0.2) is 12.7 Å². The topological polar surface area (TPSA) is 26.0 Å². The summed E-state index contributed by atoms with van der Waals surface area (Å²) in [4.78, 5) is 0. The molecule has 0 aliphatic heterocycles. The van der Waals surface area contributed by atoms with Gasteiger partial charge in [0.2, 0.25) is 0 Å². The van der Waals surface area contributed by atoms with Gasteiger partial charge < -0.3 is 5.73 Å². The summed E-state index contributed by atoms with van der Waals surface area (Å²) in [6, 6.07) is 0. The molecule has 0 fully saturated rings. The first-order valence-corrected chi connectivity index (χ1v) is 4.92. The Kier molecular flexibility index (Phi) is 8.19. The highest BCUT2D eigenvalue weighted by Gasteiger charge is 1.99. The Labute approximate surface area is 75.5 Å². The first-order chi connectivity index (χ1) is 5.35. The summed E-state index contributed by atoms with van der Waals surface area (Å²) in [6.45, 7) is 4.58. The third-order valence-corrected chi connectivity index (χ3v) is 2.32. The first-order valence-electron chi connectivity index (χ1n) is 4.28. The fourth-order valence-corrected chi connectivity index (χ4v) is 1.34. The standard InChI is InChI=1S/C9H19NS/c1-2-9(8-11)6-4-3-5-7-10/h2,9,11H,1,3-8,10H2. The maximum Gasteiger partial charge on any atom is -0.00349 e. The zero-order valence-corrected chi connectivity index (χ0v) is 8.02. The van der Waals surface area contributed by atoms with Crippen LogP contribution in [-0.4, -0.2) is 12.3 Å². The van der Waals surface area contributed by atoms with Gasteiger partial charge in [0, 0.05) is 0 Å². The van der Waals surface area contributed by atoms with Gasteiger partial charge in [0.15, 0.2) is 0 Å². The van der Waals surface area contributed by atoms with E-state index in [9.17, 15) is 0 Å². The van der Waals surface area contributed by atoms with E-state index >= 15 is 0 Å². The van der Waals surface area contributed by atoms with E-state index in [0.717, 1.165) is 18.7 Å². The number of hydrogen-bond donors (Lipinski definition) is 2. The van der Waals surface area contributed by atoms with Crippen LogP contribution in [0.1, 0.15) is 25.7 Å². The Hall–Kier alpha value is 0.0500. The number of rotatable bonds is 7. The first kappa shape index (κ1) is 11.1. The van der Waals surface area contributed by atoms with Gasteiger partial charge in [0.05, 0.1) is 0 Å². The van der Waals surface area contributed by atoms with Crippen LogP contribution in [-0.2, 0) is 0 Å². The number of thiol groups is 1. The van der Waals surface area contributed by atoms with Crippen LogP contribution in [0, 0.1) is 5.92 Å². The van der Waals surface area contributed by atoms with Crippen molar-refractivity contribution < 1.29 is 0 Å². The summed E-state index contributed by atoms with van der Waals surface area (Å²) in [6.07, 6.45) is 6.86. The van der Waals surface area contributed by atoms with Gasteiger partial charge in [-0.2, -0.15) is 12.6 Å². The average molecular weight is 173 g/mol. The fraction of sp³-hybridized carbons (Fsp3) is 0.778. The van der Waals surface area contributed by atoms with Crippen molar-refractivity contribution in [3.8, 4) is 0 Å². The molecule has 0 saturated carbocycles. The van der Waals surface area contributed by atoms with Crippen molar-refractivity contribution >= 4 is 12.6 Å². The van der Waals surface area contributed by atoms with E-state index in [2.05, 4.69) is 19.2 Å². The largest absolute Gasteiger partial charge is 0.330 e. The van der Waals surface area contributed by atoms with Crippen molar-refractivity contribution in [2.75, 3.05) is 12.3 Å². The van der Waals surface area contributed by atoms with Gasteiger partial charge in [0.1, 0.15) is 0 Å². The van der Waals surface area contributed by atoms with Crippen LogP contribution in [0.25, 0.3) is 0 Å². The molecule has 1 unspecified atom stereocenters. The van der Waals surface area contributed by atoms with Crippen molar-refractivity contribution in [1.29, 1.82) is 0 Å². The van der Waals surface area contributed by atoms with Gasteiger partial charge in [-0.15, -0.1) is 6.58 Å². The second kappa shape index (κ2) is 8.15. The third kappa shape index (κ3) is 6.45. The molecule has 2 heteroatoms. The predicted octanol–water partition coefficient (Wildman–Crippen LogP) is 2.24. The van der Waals surface area contributed by atoms with Gasteiger partial charge in [-0.25, -0.2) is 0 Å². The zero-order chi connectivity index (χ0) is 8.53. The second-order valence-electron chi connectivity index (χ2n) is 2.82. The number of allylic oxidation sites excluding steroid dienone is 1. The van der Waals surface area contributed by atoms with Crippen molar-refractivity contribution in [1.82, 2.24) is 0 Å². The summed E-state index contributed by atoms with van der Waals surface area (Å²) < 4.78 is 0. The van der Waals surface area contributed by atoms with E-state index in [1.54, 1.807) is 0 Å². The monoisotopic (exact) mass is 173 g/mol. The quantitative estimate of drug-likeness (QED) is 0.345. The van der Waals surface area contributed by atoms with Gasteiger partial charge in [-0.05, 0) is 31.1 Å². The lowest BCUT2D eigenvalue weighted by Gasteiger charge is -2.07. The smallest absolute Gasteiger partial charge is 0.00349 e. The molecule has 1 nitrogen and oxygen atoms in total. The molecule has 0 spiro atoms. The number of unbranched alkanes of at least 4 members (excludes halogenated alkanes) is 2. The van der Waals surface area contributed by atoms with Crippen molar-refractivity contribution in [2.24, 2.45) is 11.7 Å². The van der Waals surface area contributed by atoms with E-state index in [0.29, 0.717) is 5.92 Å². The van der Waals surface area contributed by atoms with Crippen molar-refractivity contribution in [3.63, 3.8) is 0 Å². The molecule has 66 valence electrons. The van der Waals surface area contributed by atoms with E-state index in [4.69, 9.17) is 5.73 Å². The predicted molar refractivity (Wildman–Crippen MR) is 55.1 cm³/mol. The van der Waals surface area contributed by atoms with Crippen LogP contribution in [0.3, 0.4) is 0 Å². The molecule has 0 aliphatic rings. The van der Waals surface area contributed by atoms with Crippen LogP contribution < -0.4 is 5.73 Å². The molecule has 0 heterocycles. The maximum absolute atomic E-state index is 5.38. The normalized spacial score (nSPS) is 12.9. The molecular weight excluding hydrogens is 154 g/mol. The molecule has 0 radical (unpaired) electrons. The summed E-state index contributed by atoms with van der Waals surface area (Å²) >= 11 is 4.22. The van der Waals surface area contributed by atoms with Crippen molar-refractivity contribution in [3.05, 3.63) is 12.7 Å². The Bertz CT molecular complexity index is 93.6. The third-order valence-electron chi connectivity index (χ3n) is 1.85. The minimum atomic E-state index is 0.594. The summed E-state index contributed by atoms with van der Waals surface area (Å²) in [7, 11) is 0. The van der Waals surface area contributed by atoms with Crippen LogP contribution in [0.2, 0.25) is 0 Å².